The fraction of sp³-hybridized carbons (Fsp3) is 0.727. The molecular formula is C11H20N6O3S. The van der Waals surface area contributed by atoms with Gasteiger partial charge < -0.3 is 10.1 Å². The summed E-state index contributed by atoms with van der Waals surface area (Å²) >= 11 is 0. The molecule has 9 nitrogen and oxygen atoms in total. The van der Waals surface area contributed by atoms with Gasteiger partial charge in [0.1, 0.15) is 0 Å². The Bertz CT molecular complexity index is 592. The molecule has 2 rings (SSSR count). The second-order valence-corrected chi connectivity index (χ2v) is 7.45. The zero-order valence-corrected chi connectivity index (χ0v) is 12.9. The Morgan fingerprint density at radius 2 is 2.05 bits per heavy atom. The molecule has 10 heteroatoms. The molecule has 0 radical (unpaired) electrons. The summed E-state index contributed by atoms with van der Waals surface area (Å²) in [4.78, 5) is 12.2. The van der Waals surface area contributed by atoms with Crippen molar-refractivity contribution in [1.29, 1.82) is 0 Å². The summed E-state index contributed by atoms with van der Waals surface area (Å²) in [7, 11) is -2.89. The predicted molar refractivity (Wildman–Crippen MR) is 78.7 cm³/mol. The Hall–Kier alpha value is -1.68. The van der Waals surface area contributed by atoms with Crippen LogP contribution in [0.4, 0.5) is 11.9 Å². The molecule has 2 heterocycles. The Kier molecular flexibility index (Phi) is 4.78. The Balaban J connectivity index is 2.02. The Morgan fingerprint density at radius 3 is 2.62 bits per heavy atom. The third-order valence-corrected chi connectivity index (χ3v) is 4.80. The first kappa shape index (κ1) is 15.7. The molecule has 0 spiro atoms. The van der Waals surface area contributed by atoms with Gasteiger partial charge in [0.05, 0.1) is 17.6 Å². The molecule has 0 saturated carbocycles. The minimum absolute atomic E-state index is 0.0653. The topological polar surface area (TPSA) is 132 Å². The lowest BCUT2D eigenvalue weighted by Crippen LogP contribution is -2.20. The highest BCUT2D eigenvalue weighted by atomic mass is 32.2. The van der Waals surface area contributed by atoms with Crippen LogP contribution in [0.15, 0.2) is 0 Å². The summed E-state index contributed by atoms with van der Waals surface area (Å²) < 4.78 is 28.2. The number of hydrazine groups is 1. The highest BCUT2D eigenvalue weighted by Crippen LogP contribution is 2.19. The van der Waals surface area contributed by atoms with Crippen molar-refractivity contribution in [2.45, 2.75) is 26.4 Å². The summed E-state index contributed by atoms with van der Waals surface area (Å²) in [5.41, 5.74) is 2.34. The van der Waals surface area contributed by atoms with E-state index in [1.807, 2.05) is 13.8 Å². The fourth-order valence-electron chi connectivity index (χ4n) is 2.03. The van der Waals surface area contributed by atoms with Gasteiger partial charge in [-0.1, -0.05) is 0 Å². The monoisotopic (exact) mass is 316 g/mol. The van der Waals surface area contributed by atoms with Crippen molar-refractivity contribution in [3.8, 4) is 6.01 Å². The molecule has 0 aromatic carbocycles. The average molecular weight is 316 g/mol. The maximum Gasteiger partial charge on any atom is 0.323 e. The van der Waals surface area contributed by atoms with Crippen LogP contribution >= 0.6 is 0 Å². The van der Waals surface area contributed by atoms with Crippen molar-refractivity contribution in [3.63, 3.8) is 0 Å². The third-order valence-electron chi connectivity index (χ3n) is 2.96. The molecule has 1 aliphatic rings. The van der Waals surface area contributed by atoms with Gasteiger partial charge in [-0.3, -0.25) is 5.43 Å². The molecule has 21 heavy (non-hydrogen) atoms. The molecular weight excluding hydrogens is 296 g/mol. The molecule has 4 N–H and O–H groups in total. The van der Waals surface area contributed by atoms with E-state index in [0.29, 0.717) is 18.9 Å². The van der Waals surface area contributed by atoms with Gasteiger partial charge in [-0.15, -0.1) is 0 Å². The van der Waals surface area contributed by atoms with Crippen molar-refractivity contribution >= 4 is 21.7 Å². The molecule has 1 atom stereocenters. The van der Waals surface area contributed by atoms with Crippen LogP contribution < -0.4 is 21.3 Å². The van der Waals surface area contributed by atoms with Gasteiger partial charge in [-0.25, -0.2) is 14.3 Å². The normalized spacial score (nSPS) is 20.5. The summed E-state index contributed by atoms with van der Waals surface area (Å²) in [5.74, 6) is 6.30. The van der Waals surface area contributed by atoms with Crippen molar-refractivity contribution in [3.05, 3.63) is 0 Å². The first-order valence-corrected chi connectivity index (χ1v) is 8.54. The molecule has 0 bridgehead atoms. The maximum atomic E-state index is 11.4. The number of hydrogen-bond donors (Lipinski definition) is 3. The molecule has 1 aromatic rings. The highest BCUT2D eigenvalue weighted by Gasteiger charge is 2.27. The maximum absolute atomic E-state index is 11.4. The van der Waals surface area contributed by atoms with E-state index < -0.39 is 9.84 Å². The quantitative estimate of drug-likeness (QED) is 0.481. The van der Waals surface area contributed by atoms with Crippen LogP contribution in [0, 0.1) is 5.92 Å². The number of sulfone groups is 1. The number of nitrogens with one attached hydrogen (secondary N) is 2. The fourth-order valence-corrected chi connectivity index (χ4v) is 3.89. The molecule has 1 saturated heterocycles. The van der Waals surface area contributed by atoms with Crippen molar-refractivity contribution < 1.29 is 13.2 Å². The molecule has 1 unspecified atom stereocenters. The SMILES string of the molecule is CC(C)Oc1nc(NN)nc(NCC2CCS(=O)(=O)C2)n1. The number of ether oxygens (including phenoxy) is 1. The van der Waals surface area contributed by atoms with Gasteiger partial charge in [0, 0.05) is 6.54 Å². The second kappa shape index (κ2) is 6.39. The van der Waals surface area contributed by atoms with Gasteiger partial charge in [0.25, 0.3) is 0 Å². The first-order valence-electron chi connectivity index (χ1n) is 6.71. The summed E-state index contributed by atoms with van der Waals surface area (Å²) in [5, 5.41) is 3.01. The van der Waals surface area contributed by atoms with Crippen molar-refractivity contribution in [2.24, 2.45) is 11.8 Å². The average Bonchev–Trinajstić information content (AvgIpc) is 2.75. The van der Waals surface area contributed by atoms with E-state index >= 15 is 0 Å². The number of hydrogen-bond acceptors (Lipinski definition) is 9. The van der Waals surface area contributed by atoms with Crippen LogP contribution in [0.3, 0.4) is 0 Å². The van der Waals surface area contributed by atoms with E-state index in [9.17, 15) is 8.42 Å². The predicted octanol–water partition coefficient (Wildman–Crippen LogP) is -0.209. The van der Waals surface area contributed by atoms with Gasteiger partial charge >= 0.3 is 6.01 Å². The number of anilines is 2. The molecule has 1 aliphatic heterocycles. The van der Waals surface area contributed by atoms with E-state index in [-0.39, 0.29) is 35.5 Å². The van der Waals surface area contributed by atoms with Crippen LogP contribution in [0.5, 0.6) is 6.01 Å². The number of nitrogens with zero attached hydrogens (tertiary/aromatic N) is 3. The smallest absolute Gasteiger partial charge is 0.323 e. The van der Waals surface area contributed by atoms with Crippen LogP contribution in [0.1, 0.15) is 20.3 Å². The van der Waals surface area contributed by atoms with Gasteiger partial charge in [0.15, 0.2) is 9.84 Å². The van der Waals surface area contributed by atoms with E-state index in [1.54, 1.807) is 0 Å². The van der Waals surface area contributed by atoms with Gasteiger partial charge in [0.2, 0.25) is 11.9 Å². The van der Waals surface area contributed by atoms with Crippen LogP contribution in [0.25, 0.3) is 0 Å². The first-order chi connectivity index (χ1) is 9.88. The number of aromatic nitrogens is 3. The van der Waals surface area contributed by atoms with E-state index in [2.05, 4.69) is 25.7 Å². The Labute approximate surface area is 123 Å². The van der Waals surface area contributed by atoms with Crippen LogP contribution in [-0.4, -0.2) is 47.5 Å². The van der Waals surface area contributed by atoms with Gasteiger partial charge in [-0.2, -0.15) is 15.0 Å². The van der Waals surface area contributed by atoms with Crippen molar-refractivity contribution in [2.75, 3.05) is 28.8 Å². The number of nitrogen functional groups attached to an aromatic ring is 1. The largest absolute Gasteiger partial charge is 0.461 e. The highest BCUT2D eigenvalue weighted by molar-refractivity contribution is 7.91. The zero-order chi connectivity index (χ0) is 15.5. The zero-order valence-electron chi connectivity index (χ0n) is 12.0. The van der Waals surface area contributed by atoms with Crippen molar-refractivity contribution in [1.82, 2.24) is 15.0 Å². The van der Waals surface area contributed by atoms with Gasteiger partial charge in [-0.05, 0) is 26.2 Å². The standard InChI is InChI=1S/C11H20N6O3S/c1-7(2)20-11-15-9(14-10(16-11)17-12)13-5-8-3-4-21(18,19)6-8/h7-8H,3-6,12H2,1-2H3,(H2,13,14,15,16,17). The number of rotatable bonds is 6. The van der Waals surface area contributed by atoms with Crippen LogP contribution in [-0.2, 0) is 9.84 Å². The minimum Gasteiger partial charge on any atom is -0.461 e. The number of nitrogens with two attached hydrogens (primary N) is 1. The molecule has 0 amide bonds. The lowest BCUT2D eigenvalue weighted by atomic mass is 10.1. The lowest BCUT2D eigenvalue weighted by Gasteiger charge is -2.12. The molecule has 0 aliphatic carbocycles. The van der Waals surface area contributed by atoms with E-state index in [4.69, 9.17) is 10.6 Å². The van der Waals surface area contributed by atoms with Crippen LogP contribution in [0.2, 0.25) is 0 Å². The second-order valence-electron chi connectivity index (χ2n) is 5.23. The molecule has 118 valence electrons. The van der Waals surface area contributed by atoms with E-state index in [0.717, 1.165) is 0 Å². The summed E-state index contributed by atoms with van der Waals surface area (Å²) in [6.07, 6.45) is 0.573. The summed E-state index contributed by atoms with van der Waals surface area (Å²) in [6.45, 7) is 4.19. The third kappa shape index (κ3) is 4.67. The lowest BCUT2D eigenvalue weighted by molar-refractivity contribution is 0.222. The minimum atomic E-state index is -2.89. The molecule has 1 fully saturated rings. The molecule has 1 aromatic heterocycles. The summed E-state index contributed by atoms with van der Waals surface area (Å²) in [6, 6.07) is 0.162. The van der Waals surface area contributed by atoms with E-state index in [1.165, 1.54) is 0 Å². The Morgan fingerprint density at radius 1 is 1.33 bits per heavy atom.